The van der Waals surface area contributed by atoms with Crippen LogP contribution in [0, 0.1) is 0 Å². The van der Waals surface area contributed by atoms with Crippen molar-refractivity contribution in [1.29, 1.82) is 0 Å². The third kappa shape index (κ3) is 3.30. The van der Waals surface area contributed by atoms with Gasteiger partial charge in [0.05, 0.1) is 11.6 Å². The number of anilines is 1. The lowest BCUT2D eigenvalue weighted by Crippen LogP contribution is -2.49. The summed E-state index contributed by atoms with van der Waals surface area (Å²) in [6.07, 6.45) is 4.00. The van der Waals surface area contributed by atoms with Crippen molar-refractivity contribution in [3.8, 4) is 0 Å². The largest absolute Gasteiger partial charge is 0.459 e. The highest BCUT2D eigenvalue weighted by Crippen LogP contribution is 2.18. The van der Waals surface area contributed by atoms with E-state index in [0.717, 1.165) is 18.8 Å². The number of carbonyl (C=O) groups excluding carboxylic acids is 1. The zero-order valence-corrected chi connectivity index (χ0v) is 15.2. The Balaban J connectivity index is 1.54. The third-order valence-corrected chi connectivity index (χ3v) is 4.76. The van der Waals surface area contributed by atoms with E-state index in [-0.39, 0.29) is 11.5 Å². The molecule has 0 saturated carbocycles. The standard InChI is InChI=1S/C19H21N5O3/c1-2-7-24-13-20-18(25)14-5-6-16(21-17(14)24)22-8-10-23(11-9-22)19(26)15-4-3-12-27-15/h3-6,12-13H,2,7-11H2,1H3. The van der Waals surface area contributed by atoms with Gasteiger partial charge in [-0.05, 0) is 30.7 Å². The number of hydrogen-bond acceptors (Lipinski definition) is 6. The second kappa shape index (κ2) is 7.22. The molecule has 0 radical (unpaired) electrons. The van der Waals surface area contributed by atoms with Gasteiger partial charge in [-0.15, -0.1) is 0 Å². The number of aromatic nitrogens is 3. The number of amides is 1. The summed E-state index contributed by atoms with van der Waals surface area (Å²) < 4.78 is 7.11. The molecular formula is C19H21N5O3. The molecule has 3 aromatic rings. The summed E-state index contributed by atoms with van der Waals surface area (Å²) in [4.78, 5) is 37.0. The van der Waals surface area contributed by atoms with E-state index in [9.17, 15) is 9.59 Å². The number of piperazine rings is 1. The number of rotatable bonds is 4. The van der Waals surface area contributed by atoms with Gasteiger partial charge in [-0.3, -0.25) is 9.59 Å². The lowest BCUT2D eigenvalue weighted by molar-refractivity contribution is 0.0714. The fourth-order valence-electron chi connectivity index (χ4n) is 3.35. The van der Waals surface area contributed by atoms with E-state index in [0.29, 0.717) is 43.0 Å². The molecular weight excluding hydrogens is 346 g/mol. The van der Waals surface area contributed by atoms with Crippen LogP contribution in [0.25, 0.3) is 11.0 Å². The molecule has 27 heavy (non-hydrogen) atoms. The van der Waals surface area contributed by atoms with Crippen molar-refractivity contribution >= 4 is 22.8 Å². The Morgan fingerprint density at radius 1 is 1.19 bits per heavy atom. The Morgan fingerprint density at radius 2 is 2.00 bits per heavy atom. The first kappa shape index (κ1) is 17.3. The summed E-state index contributed by atoms with van der Waals surface area (Å²) in [7, 11) is 0. The van der Waals surface area contributed by atoms with Gasteiger partial charge in [0, 0.05) is 32.7 Å². The molecule has 1 aliphatic heterocycles. The van der Waals surface area contributed by atoms with E-state index < -0.39 is 0 Å². The van der Waals surface area contributed by atoms with Crippen LogP contribution in [0.2, 0.25) is 0 Å². The van der Waals surface area contributed by atoms with Crippen molar-refractivity contribution in [3.05, 3.63) is 53.0 Å². The van der Waals surface area contributed by atoms with Gasteiger partial charge in [0.25, 0.3) is 11.5 Å². The van der Waals surface area contributed by atoms with Crippen LogP contribution >= 0.6 is 0 Å². The molecule has 0 unspecified atom stereocenters. The molecule has 140 valence electrons. The molecule has 0 N–H and O–H groups in total. The van der Waals surface area contributed by atoms with Crippen LogP contribution in [0.5, 0.6) is 0 Å². The zero-order chi connectivity index (χ0) is 18.8. The Kier molecular flexibility index (Phi) is 4.62. The maximum absolute atomic E-state index is 12.4. The van der Waals surface area contributed by atoms with Crippen LogP contribution in [-0.4, -0.2) is 51.5 Å². The van der Waals surface area contributed by atoms with E-state index in [4.69, 9.17) is 9.40 Å². The molecule has 1 fully saturated rings. The average molecular weight is 367 g/mol. The molecule has 1 saturated heterocycles. The van der Waals surface area contributed by atoms with Crippen LogP contribution in [0.3, 0.4) is 0 Å². The predicted octanol–water partition coefficient (Wildman–Crippen LogP) is 1.76. The fourth-order valence-corrected chi connectivity index (χ4v) is 3.35. The maximum atomic E-state index is 12.4. The van der Waals surface area contributed by atoms with Crippen molar-refractivity contribution < 1.29 is 9.21 Å². The predicted molar refractivity (Wildman–Crippen MR) is 101 cm³/mol. The van der Waals surface area contributed by atoms with Gasteiger partial charge < -0.3 is 18.8 Å². The van der Waals surface area contributed by atoms with E-state index >= 15 is 0 Å². The van der Waals surface area contributed by atoms with E-state index in [1.165, 1.54) is 6.26 Å². The molecule has 3 aromatic heterocycles. The minimum absolute atomic E-state index is 0.0889. The number of aryl methyl sites for hydroxylation is 1. The fraction of sp³-hybridized carbons (Fsp3) is 0.368. The van der Waals surface area contributed by atoms with Crippen LogP contribution in [-0.2, 0) is 6.54 Å². The summed E-state index contributed by atoms with van der Waals surface area (Å²) >= 11 is 0. The molecule has 0 aromatic carbocycles. The minimum Gasteiger partial charge on any atom is -0.459 e. The van der Waals surface area contributed by atoms with Crippen molar-refractivity contribution in [2.45, 2.75) is 19.9 Å². The monoisotopic (exact) mass is 367 g/mol. The highest BCUT2D eigenvalue weighted by molar-refractivity contribution is 5.91. The lowest BCUT2D eigenvalue weighted by atomic mass is 10.2. The van der Waals surface area contributed by atoms with Crippen LogP contribution < -0.4 is 10.5 Å². The Bertz CT molecular complexity index is 1000. The molecule has 0 atom stereocenters. The van der Waals surface area contributed by atoms with Gasteiger partial charge in [0.1, 0.15) is 17.8 Å². The molecule has 1 amide bonds. The highest BCUT2D eigenvalue weighted by Gasteiger charge is 2.24. The molecule has 0 spiro atoms. The summed E-state index contributed by atoms with van der Waals surface area (Å²) in [6, 6.07) is 7.04. The SMILES string of the molecule is CCCn1cnc(=O)c2ccc(N3CCN(C(=O)c4ccco4)CC3)nc21. The molecule has 4 rings (SSSR count). The normalized spacial score (nSPS) is 14.7. The van der Waals surface area contributed by atoms with Gasteiger partial charge in [0.15, 0.2) is 5.76 Å². The van der Waals surface area contributed by atoms with Crippen molar-refractivity contribution in [3.63, 3.8) is 0 Å². The summed E-state index contributed by atoms with van der Waals surface area (Å²) in [6.45, 7) is 5.37. The quantitative estimate of drug-likeness (QED) is 0.699. The van der Waals surface area contributed by atoms with Crippen molar-refractivity contribution in [2.24, 2.45) is 0 Å². The number of carbonyl (C=O) groups is 1. The molecule has 1 aliphatic rings. The zero-order valence-electron chi connectivity index (χ0n) is 15.2. The number of nitrogens with zero attached hydrogens (tertiary/aromatic N) is 5. The third-order valence-electron chi connectivity index (χ3n) is 4.76. The summed E-state index contributed by atoms with van der Waals surface area (Å²) in [5.74, 6) is 1.08. The first-order chi connectivity index (χ1) is 13.2. The van der Waals surface area contributed by atoms with Gasteiger partial charge in [-0.25, -0.2) is 4.98 Å². The van der Waals surface area contributed by atoms with Gasteiger partial charge in [-0.2, -0.15) is 4.98 Å². The summed E-state index contributed by atoms with van der Waals surface area (Å²) in [5, 5.41) is 0.529. The van der Waals surface area contributed by atoms with Gasteiger partial charge in [0.2, 0.25) is 0 Å². The van der Waals surface area contributed by atoms with Crippen molar-refractivity contribution in [1.82, 2.24) is 19.4 Å². The molecule has 8 heteroatoms. The lowest BCUT2D eigenvalue weighted by Gasteiger charge is -2.35. The number of hydrogen-bond donors (Lipinski definition) is 0. The second-order valence-electron chi connectivity index (χ2n) is 6.54. The summed E-state index contributed by atoms with van der Waals surface area (Å²) in [5.41, 5.74) is 0.397. The minimum atomic E-state index is -0.259. The Morgan fingerprint density at radius 3 is 2.70 bits per heavy atom. The van der Waals surface area contributed by atoms with E-state index in [1.807, 2.05) is 10.6 Å². The maximum Gasteiger partial charge on any atom is 0.289 e. The van der Waals surface area contributed by atoms with Gasteiger partial charge in [-0.1, -0.05) is 6.92 Å². The van der Waals surface area contributed by atoms with Crippen LogP contribution in [0.15, 0.2) is 46.1 Å². The van der Waals surface area contributed by atoms with Crippen LogP contribution in [0.4, 0.5) is 5.82 Å². The Labute approximate surface area is 156 Å². The van der Waals surface area contributed by atoms with Crippen LogP contribution in [0.1, 0.15) is 23.9 Å². The second-order valence-corrected chi connectivity index (χ2v) is 6.54. The number of furan rings is 1. The van der Waals surface area contributed by atoms with Crippen molar-refractivity contribution in [2.75, 3.05) is 31.1 Å². The average Bonchev–Trinajstić information content (AvgIpc) is 3.24. The molecule has 4 heterocycles. The number of fused-ring (bicyclic) bond motifs is 1. The Hall–Kier alpha value is -3.16. The smallest absolute Gasteiger partial charge is 0.289 e. The number of pyridine rings is 1. The first-order valence-electron chi connectivity index (χ1n) is 9.11. The highest BCUT2D eigenvalue weighted by atomic mass is 16.3. The van der Waals surface area contributed by atoms with E-state index in [2.05, 4.69) is 16.8 Å². The molecule has 0 aliphatic carbocycles. The topological polar surface area (TPSA) is 84.5 Å². The first-order valence-corrected chi connectivity index (χ1v) is 9.11. The molecule has 0 bridgehead atoms. The van der Waals surface area contributed by atoms with E-state index in [1.54, 1.807) is 29.4 Å². The van der Waals surface area contributed by atoms with Gasteiger partial charge >= 0.3 is 0 Å². The molecule has 8 nitrogen and oxygen atoms in total.